The molecule has 0 aliphatic carbocycles. The number of aromatic nitrogens is 4. The van der Waals surface area contributed by atoms with Crippen LogP contribution in [0.1, 0.15) is 17.2 Å². The number of ether oxygens (including phenoxy) is 1. The predicted octanol–water partition coefficient (Wildman–Crippen LogP) is 2.45. The van der Waals surface area contributed by atoms with Gasteiger partial charge in [0, 0.05) is 30.8 Å². The minimum atomic E-state index is -0.118. The SMILES string of the molecule is Cc1cc(C)n(CC(=O)Nc2ccc(OCc3nccn3C)cc2)n1. The van der Waals surface area contributed by atoms with Crippen molar-refractivity contribution < 1.29 is 9.53 Å². The van der Waals surface area contributed by atoms with Crippen molar-refractivity contribution in [1.82, 2.24) is 19.3 Å². The number of imidazole rings is 1. The van der Waals surface area contributed by atoms with Crippen molar-refractivity contribution >= 4 is 11.6 Å². The summed E-state index contributed by atoms with van der Waals surface area (Å²) in [6.45, 7) is 4.43. The molecule has 0 saturated heterocycles. The molecule has 0 fully saturated rings. The number of carbonyl (C=O) groups is 1. The summed E-state index contributed by atoms with van der Waals surface area (Å²) in [4.78, 5) is 16.3. The van der Waals surface area contributed by atoms with Gasteiger partial charge in [-0.15, -0.1) is 0 Å². The number of benzene rings is 1. The average molecular weight is 339 g/mol. The summed E-state index contributed by atoms with van der Waals surface area (Å²) in [5.41, 5.74) is 2.58. The number of nitrogens with one attached hydrogen (secondary N) is 1. The molecular formula is C18H21N5O2. The first kappa shape index (κ1) is 16.8. The van der Waals surface area contributed by atoms with E-state index in [-0.39, 0.29) is 12.5 Å². The molecule has 0 radical (unpaired) electrons. The maximum absolute atomic E-state index is 12.1. The maximum Gasteiger partial charge on any atom is 0.246 e. The summed E-state index contributed by atoms with van der Waals surface area (Å²) in [5, 5.41) is 7.15. The highest BCUT2D eigenvalue weighted by Gasteiger charge is 2.08. The molecule has 1 N–H and O–H groups in total. The third-order valence-corrected chi connectivity index (χ3v) is 3.82. The fraction of sp³-hybridized carbons (Fsp3) is 0.278. The molecule has 0 atom stereocenters. The number of hydrogen-bond donors (Lipinski definition) is 1. The van der Waals surface area contributed by atoms with Gasteiger partial charge in [-0.2, -0.15) is 5.10 Å². The molecule has 1 aromatic carbocycles. The first-order valence-corrected chi connectivity index (χ1v) is 8.01. The molecule has 0 aliphatic heterocycles. The van der Waals surface area contributed by atoms with Gasteiger partial charge in [0.1, 0.15) is 24.7 Å². The molecule has 3 rings (SSSR count). The molecule has 130 valence electrons. The molecule has 0 aliphatic rings. The Balaban J connectivity index is 1.54. The Bertz CT molecular complexity index is 864. The number of carbonyl (C=O) groups excluding carboxylic acids is 1. The molecule has 3 aromatic rings. The first-order chi connectivity index (χ1) is 12.0. The molecule has 2 aromatic heterocycles. The Hall–Kier alpha value is -3.09. The van der Waals surface area contributed by atoms with Crippen LogP contribution < -0.4 is 10.1 Å². The minimum absolute atomic E-state index is 0.118. The number of aryl methyl sites for hydroxylation is 3. The normalized spacial score (nSPS) is 10.7. The number of nitrogens with zero attached hydrogens (tertiary/aromatic N) is 4. The Kier molecular flexibility index (Phi) is 4.83. The summed E-state index contributed by atoms with van der Waals surface area (Å²) in [6, 6.07) is 9.21. The van der Waals surface area contributed by atoms with Crippen LogP contribution in [-0.4, -0.2) is 25.2 Å². The van der Waals surface area contributed by atoms with Crippen LogP contribution in [0.3, 0.4) is 0 Å². The summed E-state index contributed by atoms with van der Waals surface area (Å²) in [5.74, 6) is 1.45. The van der Waals surface area contributed by atoms with E-state index >= 15 is 0 Å². The van der Waals surface area contributed by atoms with E-state index < -0.39 is 0 Å². The van der Waals surface area contributed by atoms with E-state index in [9.17, 15) is 4.79 Å². The lowest BCUT2D eigenvalue weighted by atomic mass is 10.3. The van der Waals surface area contributed by atoms with E-state index in [1.54, 1.807) is 10.9 Å². The number of hydrogen-bond acceptors (Lipinski definition) is 4. The molecular weight excluding hydrogens is 318 g/mol. The monoisotopic (exact) mass is 339 g/mol. The zero-order valence-corrected chi connectivity index (χ0v) is 14.6. The zero-order valence-electron chi connectivity index (χ0n) is 14.6. The largest absolute Gasteiger partial charge is 0.486 e. The van der Waals surface area contributed by atoms with E-state index in [4.69, 9.17) is 4.74 Å². The Morgan fingerprint density at radius 2 is 2.00 bits per heavy atom. The van der Waals surface area contributed by atoms with Crippen LogP contribution >= 0.6 is 0 Å². The maximum atomic E-state index is 12.1. The standard InChI is InChI=1S/C18H21N5O2/c1-13-10-14(2)23(21-13)11-18(24)20-15-4-6-16(7-5-15)25-12-17-19-8-9-22(17)3/h4-10H,11-12H2,1-3H3,(H,20,24). The van der Waals surface area contributed by atoms with Crippen molar-refractivity contribution in [2.45, 2.75) is 27.0 Å². The lowest BCUT2D eigenvalue weighted by molar-refractivity contribution is -0.116. The van der Waals surface area contributed by atoms with Gasteiger partial charge in [-0.3, -0.25) is 9.48 Å². The van der Waals surface area contributed by atoms with Crippen molar-refractivity contribution in [2.24, 2.45) is 7.05 Å². The molecule has 1 amide bonds. The van der Waals surface area contributed by atoms with E-state index in [0.717, 1.165) is 28.6 Å². The van der Waals surface area contributed by atoms with Crippen LogP contribution in [0.15, 0.2) is 42.7 Å². The van der Waals surface area contributed by atoms with Gasteiger partial charge in [0.2, 0.25) is 5.91 Å². The fourth-order valence-corrected chi connectivity index (χ4v) is 2.49. The Morgan fingerprint density at radius 1 is 1.24 bits per heavy atom. The molecule has 0 bridgehead atoms. The van der Waals surface area contributed by atoms with E-state index in [1.807, 2.05) is 62.0 Å². The molecule has 0 spiro atoms. The van der Waals surface area contributed by atoms with Crippen LogP contribution in [0.4, 0.5) is 5.69 Å². The number of anilines is 1. The van der Waals surface area contributed by atoms with Gasteiger partial charge < -0.3 is 14.6 Å². The molecule has 25 heavy (non-hydrogen) atoms. The highest BCUT2D eigenvalue weighted by Crippen LogP contribution is 2.17. The van der Waals surface area contributed by atoms with Gasteiger partial charge in [-0.1, -0.05) is 0 Å². The van der Waals surface area contributed by atoms with Crippen LogP contribution in [0.5, 0.6) is 5.75 Å². The van der Waals surface area contributed by atoms with Gasteiger partial charge in [-0.05, 0) is 44.2 Å². The highest BCUT2D eigenvalue weighted by atomic mass is 16.5. The van der Waals surface area contributed by atoms with Crippen molar-refractivity contribution in [3.8, 4) is 5.75 Å². The van der Waals surface area contributed by atoms with Crippen molar-refractivity contribution in [2.75, 3.05) is 5.32 Å². The minimum Gasteiger partial charge on any atom is -0.486 e. The smallest absolute Gasteiger partial charge is 0.246 e. The van der Waals surface area contributed by atoms with Gasteiger partial charge in [0.25, 0.3) is 0 Å². The second kappa shape index (κ2) is 7.21. The van der Waals surface area contributed by atoms with Crippen molar-refractivity contribution in [1.29, 1.82) is 0 Å². The predicted molar refractivity (Wildman–Crippen MR) is 94.3 cm³/mol. The second-order valence-corrected chi connectivity index (χ2v) is 5.90. The molecule has 2 heterocycles. The molecule has 7 nitrogen and oxygen atoms in total. The molecule has 7 heteroatoms. The van der Waals surface area contributed by atoms with Crippen molar-refractivity contribution in [3.05, 3.63) is 59.9 Å². The van der Waals surface area contributed by atoms with Crippen LogP contribution in [-0.2, 0) is 25.0 Å². The van der Waals surface area contributed by atoms with Gasteiger partial charge >= 0.3 is 0 Å². The Morgan fingerprint density at radius 3 is 2.60 bits per heavy atom. The zero-order chi connectivity index (χ0) is 17.8. The van der Waals surface area contributed by atoms with E-state index in [1.165, 1.54) is 0 Å². The van der Waals surface area contributed by atoms with Crippen LogP contribution in [0.2, 0.25) is 0 Å². The van der Waals surface area contributed by atoms with E-state index in [0.29, 0.717) is 6.61 Å². The topological polar surface area (TPSA) is 74.0 Å². The number of amides is 1. The van der Waals surface area contributed by atoms with Crippen molar-refractivity contribution in [3.63, 3.8) is 0 Å². The molecule has 0 unspecified atom stereocenters. The lowest BCUT2D eigenvalue weighted by Crippen LogP contribution is -2.20. The van der Waals surface area contributed by atoms with Gasteiger partial charge in [-0.25, -0.2) is 4.98 Å². The van der Waals surface area contributed by atoms with Crippen LogP contribution in [0.25, 0.3) is 0 Å². The summed E-state index contributed by atoms with van der Waals surface area (Å²) >= 11 is 0. The average Bonchev–Trinajstić information content (AvgIpc) is 3.11. The number of rotatable bonds is 6. The summed E-state index contributed by atoms with van der Waals surface area (Å²) < 4.78 is 9.29. The van der Waals surface area contributed by atoms with Gasteiger partial charge in [0.05, 0.1) is 5.69 Å². The first-order valence-electron chi connectivity index (χ1n) is 8.01. The van der Waals surface area contributed by atoms with Crippen LogP contribution in [0, 0.1) is 13.8 Å². The fourth-order valence-electron chi connectivity index (χ4n) is 2.49. The lowest BCUT2D eigenvalue weighted by Gasteiger charge is -2.09. The van der Waals surface area contributed by atoms with Gasteiger partial charge in [0.15, 0.2) is 0 Å². The third kappa shape index (κ3) is 4.26. The second-order valence-electron chi connectivity index (χ2n) is 5.90. The summed E-state index contributed by atoms with van der Waals surface area (Å²) in [7, 11) is 1.92. The molecule has 0 saturated carbocycles. The summed E-state index contributed by atoms with van der Waals surface area (Å²) in [6.07, 6.45) is 3.61. The van der Waals surface area contributed by atoms with E-state index in [2.05, 4.69) is 15.4 Å². The quantitative estimate of drug-likeness (QED) is 0.749. The highest BCUT2D eigenvalue weighted by molar-refractivity contribution is 5.90. The third-order valence-electron chi connectivity index (χ3n) is 3.82. The Labute approximate surface area is 146 Å².